The van der Waals surface area contributed by atoms with Gasteiger partial charge in [0, 0.05) is 17.6 Å². The molecule has 0 N–H and O–H groups in total. The summed E-state index contributed by atoms with van der Waals surface area (Å²) < 4.78 is 0. The summed E-state index contributed by atoms with van der Waals surface area (Å²) in [5, 5.41) is 0. The third-order valence-corrected chi connectivity index (χ3v) is 3.22. The quantitative estimate of drug-likeness (QED) is 0.720. The van der Waals surface area contributed by atoms with Crippen molar-refractivity contribution in [3.05, 3.63) is 54.1 Å². The predicted octanol–water partition coefficient (Wildman–Crippen LogP) is 4.53. The Hall–Kier alpha value is -1.83. The van der Waals surface area contributed by atoms with Crippen molar-refractivity contribution in [3.8, 4) is 0 Å². The van der Waals surface area contributed by atoms with E-state index in [4.69, 9.17) is 0 Å². The van der Waals surface area contributed by atoms with E-state index in [2.05, 4.69) is 6.58 Å². The molecule has 0 heterocycles. The van der Waals surface area contributed by atoms with E-state index >= 15 is 0 Å². The molecular formula is C18H25NO. The first kappa shape index (κ1) is 16.2. The van der Waals surface area contributed by atoms with Crippen molar-refractivity contribution >= 4 is 11.5 Å². The fourth-order valence-electron chi connectivity index (χ4n) is 2.44. The maximum atomic E-state index is 12.8. The molecule has 20 heavy (non-hydrogen) atoms. The van der Waals surface area contributed by atoms with Crippen LogP contribution in [-0.4, -0.2) is 22.9 Å². The topological polar surface area (TPSA) is 20.3 Å². The molecule has 0 saturated carbocycles. The Balaban J connectivity index is 3.25. The zero-order chi connectivity index (χ0) is 15.3. The fraction of sp³-hybridized carbons (Fsp3) is 0.389. The molecule has 0 spiro atoms. The molecule has 0 atom stereocenters. The maximum absolute atomic E-state index is 12.8. The van der Waals surface area contributed by atoms with E-state index in [0.717, 1.165) is 16.7 Å². The lowest BCUT2D eigenvalue weighted by molar-refractivity contribution is 0.0643. The predicted molar refractivity (Wildman–Crippen MR) is 86.7 cm³/mol. The summed E-state index contributed by atoms with van der Waals surface area (Å²) in [6.45, 7) is 14.2. The Morgan fingerprint density at radius 1 is 1.10 bits per heavy atom. The number of hydrogen-bond acceptors (Lipinski definition) is 1. The van der Waals surface area contributed by atoms with Crippen molar-refractivity contribution in [2.24, 2.45) is 0 Å². The van der Waals surface area contributed by atoms with Crippen LogP contribution in [0.3, 0.4) is 0 Å². The number of nitrogens with zero attached hydrogens (tertiary/aromatic N) is 1. The lowest BCUT2D eigenvalue weighted by Gasteiger charge is -2.31. The number of amides is 1. The molecule has 0 aliphatic carbocycles. The van der Waals surface area contributed by atoms with Crippen LogP contribution in [0.1, 0.15) is 50.5 Å². The lowest BCUT2D eigenvalue weighted by atomic mass is 9.98. The molecule has 0 saturated heterocycles. The van der Waals surface area contributed by atoms with Gasteiger partial charge in [0.25, 0.3) is 5.91 Å². The number of carbonyl (C=O) groups is 1. The first-order chi connectivity index (χ1) is 9.40. The molecule has 0 fully saturated rings. The monoisotopic (exact) mass is 271 g/mol. The summed E-state index contributed by atoms with van der Waals surface area (Å²) >= 11 is 0. The molecule has 1 aromatic carbocycles. The van der Waals surface area contributed by atoms with Crippen LogP contribution in [0.4, 0.5) is 0 Å². The molecule has 1 aromatic rings. The van der Waals surface area contributed by atoms with Crippen LogP contribution in [0.15, 0.2) is 43.0 Å². The van der Waals surface area contributed by atoms with Gasteiger partial charge in [0.05, 0.1) is 0 Å². The molecule has 0 radical (unpaired) electrons. The van der Waals surface area contributed by atoms with Crippen molar-refractivity contribution in [3.63, 3.8) is 0 Å². The van der Waals surface area contributed by atoms with Crippen LogP contribution >= 0.6 is 0 Å². The summed E-state index contributed by atoms with van der Waals surface area (Å²) in [5.41, 5.74) is 2.49. The van der Waals surface area contributed by atoms with Gasteiger partial charge in [-0.05, 0) is 51.8 Å². The first-order valence-electron chi connectivity index (χ1n) is 7.13. The third-order valence-electron chi connectivity index (χ3n) is 3.22. The van der Waals surface area contributed by atoms with E-state index in [9.17, 15) is 4.79 Å². The van der Waals surface area contributed by atoms with Crippen molar-refractivity contribution < 1.29 is 4.79 Å². The van der Waals surface area contributed by atoms with Gasteiger partial charge in [-0.3, -0.25) is 4.79 Å². The molecule has 108 valence electrons. The fourth-order valence-corrected chi connectivity index (χ4v) is 2.44. The first-order valence-corrected chi connectivity index (χ1v) is 7.13. The number of carbonyl (C=O) groups excluding carboxylic acids is 1. The van der Waals surface area contributed by atoms with E-state index in [-0.39, 0.29) is 18.0 Å². The molecule has 0 aliphatic heterocycles. The number of allylic oxidation sites excluding steroid dienone is 3. The standard InChI is InChI=1S/C18H25NO/c1-7-10-15(6)16-11-8-9-12-17(16)18(20)19(13(2)3)14(4)5/h7-14H,6H2,1-5H3/b10-7+. The maximum Gasteiger partial charge on any atom is 0.254 e. The highest BCUT2D eigenvalue weighted by Gasteiger charge is 2.23. The number of rotatable bonds is 5. The van der Waals surface area contributed by atoms with Crippen molar-refractivity contribution in [1.29, 1.82) is 0 Å². The van der Waals surface area contributed by atoms with Crippen LogP contribution in [0.25, 0.3) is 5.57 Å². The van der Waals surface area contributed by atoms with E-state index in [1.54, 1.807) is 0 Å². The largest absolute Gasteiger partial charge is 0.334 e. The minimum atomic E-state index is 0.0660. The summed E-state index contributed by atoms with van der Waals surface area (Å²) in [5.74, 6) is 0.0660. The molecule has 2 heteroatoms. The Labute approximate surface area is 122 Å². The second-order valence-corrected chi connectivity index (χ2v) is 5.47. The summed E-state index contributed by atoms with van der Waals surface area (Å²) in [6.07, 6.45) is 3.87. The molecule has 1 amide bonds. The molecule has 0 unspecified atom stereocenters. The SMILES string of the molecule is C=C(/C=C/C)c1ccccc1C(=O)N(C(C)C)C(C)C. The average Bonchev–Trinajstić information content (AvgIpc) is 2.38. The van der Waals surface area contributed by atoms with Crippen LogP contribution < -0.4 is 0 Å². The van der Waals surface area contributed by atoms with E-state index in [1.165, 1.54) is 0 Å². The van der Waals surface area contributed by atoms with E-state index < -0.39 is 0 Å². The Morgan fingerprint density at radius 2 is 1.60 bits per heavy atom. The minimum absolute atomic E-state index is 0.0660. The highest BCUT2D eigenvalue weighted by molar-refractivity contribution is 6.00. The highest BCUT2D eigenvalue weighted by atomic mass is 16.2. The number of benzene rings is 1. The molecule has 1 rings (SSSR count). The van der Waals surface area contributed by atoms with Crippen LogP contribution in [0, 0.1) is 0 Å². The van der Waals surface area contributed by atoms with Gasteiger partial charge in [-0.15, -0.1) is 0 Å². The molecule has 0 aliphatic rings. The zero-order valence-electron chi connectivity index (χ0n) is 13.2. The third kappa shape index (κ3) is 3.60. The van der Waals surface area contributed by atoms with E-state index in [0.29, 0.717) is 0 Å². The summed E-state index contributed by atoms with van der Waals surface area (Å²) in [7, 11) is 0. The molecular weight excluding hydrogens is 246 g/mol. The van der Waals surface area contributed by atoms with Crippen molar-refractivity contribution in [1.82, 2.24) is 4.90 Å². The summed E-state index contributed by atoms with van der Waals surface area (Å²) in [4.78, 5) is 14.7. The van der Waals surface area contributed by atoms with Crippen LogP contribution in [0.5, 0.6) is 0 Å². The molecule has 0 aromatic heterocycles. The number of hydrogen-bond donors (Lipinski definition) is 0. The van der Waals surface area contributed by atoms with Crippen molar-refractivity contribution in [2.45, 2.75) is 46.7 Å². The van der Waals surface area contributed by atoms with Crippen LogP contribution in [0.2, 0.25) is 0 Å². The van der Waals surface area contributed by atoms with Gasteiger partial charge in [-0.25, -0.2) is 0 Å². The van der Waals surface area contributed by atoms with Gasteiger partial charge in [-0.1, -0.05) is 36.9 Å². The van der Waals surface area contributed by atoms with Gasteiger partial charge in [0.15, 0.2) is 0 Å². The lowest BCUT2D eigenvalue weighted by Crippen LogP contribution is -2.42. The van der Waals surface area contributed by atoms with Crippen LogP contribution in [-0.2, 0) is 0 Å². The minimum Gasteiger partial charge on any atom is -0.334 e. The Kier molecular flexibility index (Phi) is 5.75. The molecule has 2 nitrogen and oxygen atoms in total. The van der Waals surface area contributed by atoms with Gasteiger partial charge in [0.2, 0.25) is 0 Å². The second kappa shape index (κ2) is 7.09. The van der Waals surface area contributed by atoms with Gasteiger partial charge < -0.3 is 4.90 Å². The Morgan fingerprint density at radius 3 is 2.05 bits per heavy atom. The highest BCUT2D eigenvalue weighted by Crippen LogP contribution is 2.22. The summed E-state index contributed by atoms with van der Waals surface area (Å²) in [6, 6.07) is 8.02. The smallest absolute Gasteiger partial charge is 0.254 e. The Bertz CT molecular complexity index is 504. The average molecular weight is 271 g/mol. The van der Waals surface area contributed by atoms with E-state index in [1.807, 2.05) is 75.9 Å². The second-order valence-electron chi connectivity index (χ2n) is 5.47. The zero-order valence-corrected chi connectivity index (χ0v) is 13.2. The van der Waals surface area contributed by atoms with Crippen molar-refractivity contribution in [2.75, 3.05) is 0 Å². The molecule has 0 bridgehead atoms. The normalized spacial score (nSPS) is 11.3. The van der Waals surface area contributed by atoms with Gasteiger partial charge >= 0.3 is 0 Å². The van der Waals surface area contributed by atoms with Gasteiger partial charge in [-0.2, -0.15) is 0 Å². The van der Waals surface area contributed by atoms with Gasteiger partial charge in [0.1, 0.15) is 0 Å².